The molecule has 0 aliphatic heterocycles. The van der Waals surface area contributed by atoms with Gasteiger partial charge in [-0.1, -0.05) is 32.4 Å². The van der Waals surface area contributed by atoms with E-state index in [1.807, 2.05) is 18.2 Å². The second kappa shape index (κ2) is 3.76. The molecule has 0 saturated heterocycles. The lowest BCUT2D eigenvalue weighted by Crippen LogP contribution is -2.14. The van der Waals surface area contributed by atoms with Crippen LogP contribution in [0.1, 0.15) is 32.2 Å². The van der Waals surface area contributed by atoms with Gasteiger partial charge in [-0.15, -0.1) is 11.3 Å². The number of rotatable bonds is 2. The van der Waals surface area contributed by atoms with Gasteiger partial charge in [0.15, 0.2) is 0 Å². The largest absolute Gasteiger partial charge is 0.241 e. The van der Waals surface area contributed by atoms with Crippen molar-refractivity contribution in [3.05, 3.63) is 28.2 Å². The third-order valence-corrected chi connectivity index (χ3v) is 4.45. The maximum Gasteiger partial charge on any atom is 0.0994 e. The standard InChI is InChI=1S/C12H14ClNS/c1-4-12(2,3)11-14-9-7-8(13)5-6-10(9)15-11/h5-7H,4H2,1-3H3. The van der Waals surface area contributed by atoms with Crippen molar-refractivity contribution in [1.82, 2.24) is 4.98 Å². The van der Waals surface area contributed by atoms with Crippen LogP contribution in [-0.2, 0) is 5.41 Å². The third-order valence-electron chi connectivity index (χ3n) is 2.81. The first-order chi connectivity index (χ1) is 7.03. The first-order valence-electron chi connectivity index (χ1n) is 5.09. The van der Waals surface area contributed by atoms with Crippen molar-refractivity contribution in [2.24, 2.45) is 0 Å². The minimum atomic E-state index is 0.163. The van der Waals surface area contributed by atoms with E-state index in [0.717, 1.165) is 17.0 Å². The number of hydrogen-bond acceptors (Lipinski definition) is 2. The van der Waals surface area contributed by atoms with E-state index in [0.29, 0.717) is 0 Å². The van der Waals surface area contributed by atoms with Crippen LogP contribution in [0.5, 0.6) is 0 Å². The molecule has 0 radical (unpaired) electrons. The topological polar surface area (TPSA) is 12.9 Å². The van der Waals surface area contributed by atoms with Gasteiger partial charge in [-0.3, -0.25) is 0 Å². The van der Waals surface area contributed by atoms with E-state index in [9.17, 15) is 0 Å². The van der Waals surface area contributed by atoms with Gasteiger partial charge in [-0.05, 0) is 24.6 Å². The molecule has 0 atom stereocenters. The van der Waals surface area contributed by atoms with E-state index in [4.69, 9.17) is 11.6 Å². The van der Waals surface area contributed by atoms with Crippen LogP contribution in [0.2, 0.25) is 5.02 Å². The molecule has 0 fully saturated rings. The smallest absolute Gasteiger partial charge is 0.0994 e. The van der Waals surface area contributed by atoms with Crippen LogP contribution < -0.4 is 0 Å². The van der Waals surface area contributed by atoms with Gasteiger partial charge >= 0.3 is 0 Å². The molecule has 15 heavy (non-hydrogen) atoms. The fraction of sp³-hybridized carbons (Fsp3) is 0.417. The van der Waals surface area contributed by atoms with Crippen LogP contribution in [0.4, 0.5) is 0 Å². The molecular formula is C12H14ClNS. The molecule has 1 heterocycles. The van der Waals surface area contributed by atoms with Crippen molar-refractivity contribution in [3.8, 4) is 0 Å². The Labute approximate surface area is 99.1 Å². The van der Waals surface area contributed by atoms with Crippen LogP contribution in [0.25, 0.3) is 10.2 Å². The first kappa shape index (κ1) is 10.9. The van der Waals surface area contributed by atoms with Crippen molar-refractivity contribution < 1.29 is 0 Å². The molecule has 1 nitrogen and oxygen atoms in total. The van der Waals surface area contributed by atoms with Crippen LogP contribution >= 0.6 is 22.9 Å². The molecule has 80 valence electrons. The van der Waals surface area contributed by atoms with Gasteiger partial charge in [0.1, 0.15) is 0 Å². The van der Waals surface area contributed by atoms with Crippen LogP contribution in [0, 0.1) is 0 Å². The normalized spacial score (nSPS) is 12.3. The van der Waals surface area contributed by atoms with Crippen LogP contribution in [-0.4, -0.2) is 4.98 Å². The minimum absolute atomic E-state index is 0.163. The van der Waals surface area contributed by atoms with E-state index in [-0.39, 0.29) is 5.41 Å². The van der Waals surface area contributed by atoms with Gasteiger partial charge in [0.05, 0.1) is 15.2 Å². The lowest BCUT2D eigenvalue weighted by molar-refractivity contribution is 0.504. The molecule has 1 aromatic carbocycles. The SMILES string of the molecule is CCC(C)(C)c1nc2cc(Cl)ccc2s1. The second-order valence-electron chi connectivity index (χ2n) is 4.37. The van der Waals surface area contributed by atoms with E-state index in [2.05, 4.69) is 25.8 Å². The van der Waals surface area contributed by atoms with Crippen LogP contribution in [0.15, 0.2) is 18.2 Å². The minimum Gasteiger partial charge on any atom is -0.241 e. The van der Waals surface area contributed by atoms with Crippen molar-refractivity contribution in [2.75, 3.05) is 0 Å². The Morgan fingerprint density at radius 2 is 2.13 bits per heavy atom. The predicted octanol–water partition coefficient (Wildman–Crippen LogP) is 4.64. The van der Waals surface area contributed by atoms with Crippen LogP contribution in [0.3, 0.4) is 0 Å². The van der Waals surface area contributed by atoms with E-state index < -0.39 is 0 Å². The van der Waals surface area contributed by atoms with Crippen molar-refractivity contribution >= 4 is 33.2 Å². The fourth-order valence-electron chi connectivity index (χ4n) is 1.34. The number of halogens is 1. The number of benzene rings is 1. The second-order valence-corrected chi connectivity index (χ2v) is 5.84. The zero-order valence-corrected chi connectivity index (χ0v) is 10.7. The Morgan fingerprint density at radius 3 is 2.80 bits per heavy atom. The Balaban J connectivity index is 2.56. The van der Waals surface area contributed by atoms with Gasteiger partial charge in [0, 0.05) is 10.4 Å². The van der Waals surface area contributed by atoms with Gasteiger partial charge in [-0.25, -0.2) is 4.98 Å². The summed E-state index contributed by atoms with van der Waals surface area (Å²) < 4.78 is 1.22. The average molecular weight is 240 g/mol. The molecule has 0 saturated carbocycles. The summed E-state index contributed by atoms with van der Waals surface area (Å²) in [5.41, 5.74) is 1.18. The molecule has 3 heteroatoms. The maximum atomic E-state index is 5.94. The summed E-state index contributed by atoms with van der Waals surface area (Å²) in [7, 11) is 0. The number of hydrogen-bond donors (Lipinski definition) is 0. The number of thiazole rings is 1. The summed E-state index contributed by atoms with van der Waals surface area (Å²) in [6, 6.07) is 5.90. The monoisotopic (exact) mass is 239 g/mol. The van der Waals surface area contributed by atoms with Crippen molar-refractivity contribution in [2.45, 2.75) is 32.6 Å². The Bertz CT molecular complexity index is 487. The first-order valence-corrected chi connectivity index (χ1v) is 6.29. The number of nitrogens with zero attached hydrogens (tertiary/aromatic N) is 1. The highest BCUT2D eigenvalue weighted by Gasteiger charge is 2.22. The zero-order chi connectivity index (χ0) is 11.1. The molecular weight excluding hydrogens is 226 g/mol. The highest BCUT2D eigenvalue weighted by Crippen LogP contribution is 2.34. The lowest BCUT2D eigenvalue weighted by Gasteiger charge is -2.18. The molecule has 0 N–H and O–H groups in total. The molecule has 0 aliphatic rings. The molecule has 0 bridgehead atoms. The Morgan fingerprint density at radius 1 is 1.40 bits per heavy atom. The van der Waals surface area contributed by atoms with E-state index >= 15 is 0 Å². The van der Waals surface area contributed by atoms with Gasteiger partial charge in [0.2, 0.25) is 0 Å². The average Bonchev–Trinajstić information content (AvgIpc) is 2.61. The van der Waals surface area contributed by atoms with E-state index in [1.165, 1.54) is 9.71 Å². The van der Waals surface area contributed by atoms with Crippen molar-refractivity contribution in [1.29, 1.82) is 0 Å². The summed E-state index contributed by atoms with van der Waals surface area (Å²) in [5, 5.41) is 1.95. The quantitative estimate of drug-likeness (QED) is 0.744. The van der Waals surface area contributed by atoms with E-state index in [1.54, 1.807) is 11.3 Å². The third kappa shape index (κ3) is 2.01. The molecule has 0 aliphatic carbocycles. The summed E-state index contributed by atoms with van der Waals surface area (Å²) >= 11 is 7.71. The molecule has 0 unspecified atom stereocenters. The molecule has 2 aromatic rings. The summed E-state index contributed by atoms with van der Waals surface area (Å²) in [5.74, 6) is 0. The number of aromatic nitrogens is 1. The number of fused-ring (bicyclic) bond motifs is 1. The highest BCUT2D eigenvalue weighted by molar-refractivity contribution is 7.18. The zero-order valence-electron chi connectivity index (χ0n) is 9.17. The Hall–Kier alpha value is -0.600. The highest BCUT2D eigenvalue weighted by atomic mass is 35.5. The molecule has 2 rings (SSSR count). The summed E-state index contributed by atoms with van der Waals surface area (Å²) in [6.45, 7) is 6.65. The molecule has 0 amide bonds. The van der Waals surface area contributed by atoms with Gasteiger partial charge in [-0.2, -0.15) is 0 Å². The summed E-state index contributed by atoms with van der Waals surface area (Å²) in [6.07, 6.45) is 1.10. The predicted molar refractivity (Wildman–Crippen MR) is 67.9 cm³/mol. The molecule has 1 aromatic heterocycles. The lowest BCUT2D eigenvalue weighted by atomic mass is 9.91. The maximum absolute atomic E-state index is 5.94. The summed E-state index contributed by atoms with van der Waals surface area (Å²) in [4.78, 5) is 4.65. The van der Waals surface area contributed by atoms with Gasteiger partial charge < -0.3 is 0 Å². The fourth-order valence-corrected chi connectivity index (χ4v) is 2.63. The van der Waals surface area contributed by atoms with Crippen molar-refractivity contribution in [3.63, 3.8) is 0 Å². The Kier molecular flexibility index (Phi) is 2.73. The molecule has 0 spiro atoms. The van der Waals surface area contributed by atoms with Gasteiger partial charge in [0.25, 0.3) is 0 Å².